The number of likely N-dealkylation sites (N-methyl/N-ethyl adjacent to an activating group) is 1. The molecule has 0 bridgehead atoms. The number of rotatable bonds is 3. The molecule has 0 heterocycles. The van der Waals surface area contributed by atoms with Crippen LogP contribution in [0.15, 0.2) is 52.0 Å². The van der Waals surface area contributed by atoms with Crippen LogP contribution in [0.3, 0.4) is 0 Å². The second-order valence-electron chi connectivity index (χ2n) is 4.65. The van der Waals surface area contributed by atoms with Gasteiger partial charge in [0.25, 0.3) is 0 Å². The van der Waals surface area contributed by atoms with Crippen molar-refractivity contribution >= 4 is 29.7 Å². The highest BCUT2D eigenvalue weighted by Gasteiger charge is 2.07. The van der Waals surface area contributed by atoms with Crippen molar-refractivity contribution in [2.45, 2.75) is 25.2 Å². The monoisotopic (exact) mass is 304 g/mol. The Morgan fingerprint density at radius 2 is 1.90 bits per heavy atom. The van der Waals surface area contributed by atoms with E-state index in [-0.39, 0.29) is 0 Å². The minimum absolute atomic E-state index is 0.865. The number of hydrogen-bond donors (Lipinski definition) is 1. The third kappa shape index (κ3) is 4.97. The molecule has 0 aromatic heterocycles. The molecule has 2 rings (SSSR count). The van der Waals surface area contributed by atoms with Gasteiger partial charge in [0.2, 0.25) is 0 Å². The van der Waals surface area contributed by atoms with E-state index < -0.39 is 0 Å². The number of nitrogens with zero attached hydrogens (tertiary/aromatic N) is 2. The molecule has 0 radical (unpaired) electrons. The lowest BCUT2D eigenvalue weighted by molar-refractivity contribution is 0.527. The van der Waals surface area contributed by atoms with Gasteiger partial charge in [-0.25, -0.2) is 4.99 Å². The zero-order chi connectivity index (χ0) is 15.8. The van der Waals surface area contributed by atoms with Gasteiger partial charge in [-0.2, -0.15) is 0 Å². The number of aliphatic imine (C=N–C) groups is 1. The van der Waals surface area contributed by atoms with Crippen molar-refractivity contribution in [3.05, 3.63) is 42.1 Å². The number of nitrogens with one attached hydrogen (secondary N) is 1. The van der Waals surface area contributed by atoms with Gasteiger partial charge in [-0.3, -0.25) is 0 Å². The molecule has 0 amide bonds. The number of hydrogen-bond acceptors (Lipinski definition) is 3. The van der Waals surface area contributed by atoms with Crippen molar-refractivity contribution in [3.63, 3.8) is 0 Å². The van der Waals surface area contributed by atoms with Gasteiger partial charge in [0.05, 0.1) is 0 Å². The molecule has 114 valence electrons. The quantitative estimate of drug-likeness (QED) is 0.864. The van der Waals surface area contributed by atoms with E-state index in [1.165, 1.54) is 5.70 Å². The van der Waals surface area contributed by atoms with E-state index in [1.54, 1.807) is 0 Å². The van der Waals surface area contributed by atoms with Crippen LogP contribution in [0, 0.1) is 0 Å². The molecule has 0 atom stereocenters. The highest BCUT2D eigenvalue weighted by molar-refractivity contribution is 7.59. The fraction of sp³-hybridized carbons (Fsp3) is 0.353. The molecular weight excluding hydrogens is 278 g/mol. The van der Waals surface area contributed by atoms with Crippen molar-refractivity contribution in [2.24, 2.45) is 4.99 Å². The van der Waals surface area contributed by atoms with Crippen molar-refractivity contribution in [3.8, 4) is 0 Å². The maximum Gasteiger partial charge on any atom is 0.178 e. The van der Waals surface area contributed by atoms with Gasteiger partial charge >= 0.3 is 0 Å². The molecular formula is C17H26N3S+. The molecule has 1 N–H and O–H groups in total. The first kappa shape index (κ1) is 17.4. The fourth-order valence-electron chi connectivity index (χ4n) is 1.89. The predicted molar refractivity (Wildman–Crippen MR) is 98.4 cm³/mol. The highest BCUT2D eigenvalue weighted by atomic mass is 32.1. The Kier molecular flexibility index (Phi) is 7.09. The van der Waals surface area contributed by atoms with Crippen LogP contribution < -0.4 is 5.32 Å². The van der Waals surface area contributed by atoms with Crippen LogP contribution in [0.5, 0.6) is 0 Å². The Hall–Kier alpha value is -1.68. The summed E-state index contributed by atoms with van der Waals surface area (Å²) in [6, 6.07) is 6.07. The van der Waals surface area contributed by atoms with E-state index in [1.807, 2.05) is 53.2 Å². The Bertz CT molecular complexity index is 557. The second kappa shape index (κ2) is 8.57. The molecule has 0 saturated carbocycles. The molecule has 0 saturated heterocycles. The van der Waals surface area contributed by atoms with Crippen LogP contribution in [0.1, 0.15) is 20.3 Å². The number of allylic oxidation sites excluding steroid dienone is 3. The first-order valence-corrected chi connectivity index (χ1v) is 7.76. The fourth-order valence-corrected chi connectivity index (χ4v) is 2.18. The Morgan fingerprint density at radius 3 is 2.38 bits per heavy atom. The molecule has 0 unspecified atom stereocenters. The lowest BCUT2D eigenvalue weighted by Crippen LogP contribution is -2.12. The largest absolute Gasteiger partial charge is 0.388 e. The average Bonchev–Trinajstić information content (AvgIpc) is 2.51. The number of benzene rings is 1. The third-order valence-electron chi connectivity index (χ3n) is 3.03. The first-order chi connectivity index (χ1) is 10.1. The van der Waals surface area contributed by atoms with Crippen molar-refractivity contribution in [1.82, 2.24) is 4.90 Å². The van der Waals surface area contributed by atoms with Crippen LogP contribution in [-0.2, 0) is 12.6 Å². The van der Waals surface area contributed by atoms with E-state index in [9.17, 15) is 0 Å². The highest BCUT2D eigenvalue weighted by Crippen LogP contribution is 2.24. The van der Waals surface area contributed by atoms with Gasteiger partial charge in [0.1, 0.15) is 5.69 Å². The Morgan fingerprint density at radius 1 is 1.19 bits per heavy atom. The SMILES string of the molecule is CC.CNc1ccc(N=C2C=CC(N(C)C)=CC2)c([SH2+])c1. The van der Waals surface area contributed by atoms with E-state index in [0.29, 0.717) is 0 Å². The lowest BCUT2D eigenvalue weighted by atomic mass is 10.1. The summed E-state index contributed by atoms with van der Waals surface area (Å²) in [7, 11) is 6.00. The molecule has 1 aliphatic rings. The van der Waals surface area contributed by atoms with Gasteiger partial charge in [0.15, 0.2) is 4.90 Å². The van der Waals surface area contributed by atoms with Crippen LogP contribution in [0.4, 0.5) is 11.4 Å². The summed E-state index contributed by atoms with van der Waals surface area (Å²) in [6.07, 6.45) is 7.22. The van der Waals surface area contributed by atoms with Gasteiger partial charge in [0, 0.05) is 50.7 Å². The third-order valence-corrected chi connectivity index (χ3v) is 3.43. The van der Waals surface area contributed by atoms with E-state index in [0.717, 1.165) is 28.4 Å². The normalized spacial score (nSPS) is 15.1. The van der Waals surface area contributed by atoms with Crippen LogP contribution in [-0.4, -0.2) is 31.8 Å². The summed E-state index contributed by atoms with van der Waals surface area (Å²) in [4.78, 5) is 7.77. The summed E-state index contributed by atoms with van der Waals surface area (Å²) < 4.78 is 0. The maximum absolute atomic E-state index is 4.68. The van der Waals surface area contributed by atoms with Crippen LogP contribution in [0.25, 0.3) is 0 Å². The summed E-state index contributed by atoms with van der Waals surface area (Å²) >= 11 is 3.61. The Balaban J connectivity index is 0.00000106. The first-order valence-electron chi connectivity index (χ1n) is 7.26. The van der Waals surface area contributed by atoms with Crippen molar-refractivity contribution in [2.75, 3.05) is 26.5 Å². The van der Waals surface area contributed by atoms with E-state index >= 15 is 0 Å². The lowest BCUT2D eigenvalue weighted by Gasteiger charge is -2.16. The van der Waals surface area contributed by atoms with Gasteiger partial charge in [-0.15, -0.1) is 0 Å². The molecule has 0 spiro atoms. The predicted octanol–water partition coefficient (Wildman–Crippen LogP) is 3.60. The second-order valence-corrected chi connectivity index (χ2v) is 5.18. The summed E-state index contributed by atoms with van der Waals surface area (Å²) in [5, 5.41) is 3.11. The summed E-state index contributed by atoms with van der Waals surface area (Å²) in [5.74, 6) is 0. The average molecular weight is 304 g/mol. The zero-order valence-corrected chi connectivity index (χ0v) is 14.6. The topological polar surface area (TPSA) is 27.6 Å². The van der Waals surface area contributed by atoms with Crippen LogP contribution >= 0.6 is 0 Å². The summed E-state index contributed by atoms with van der Waals surface area (Å²) in [5.41, 5.74) is 4.32. The summed E-state index contributed by atoms with van der Waals surface area (Å²) in [6.45, 7) is 4.00. The maximum atomic E-state index is 4.68. The Labute approximate surface area is 133 Å². The van der Waals surface area contributed by atoms with E-state index in [2.05, 4.69) is 46.1 Å². The molecule has 21 heavy (non-hydrogen) atoms. The van der Waals surface area contributed by atoms with Gasteiger partial charge in [-0.05, 0) is 36.9 Å². The van der Waals surface area contributed by atoms with Gasteiger partial charge in [-0.1, -0.05) is 19.9 Å². The minimum Gasteiger partial charge on any atom is -0.388 e. The number of anilines is 1. The van der Waals surface area contributed by atoms with Crippen molar-refractivity contribution < 1.29 is 0 Å². The smallest absolute Gasteiger partial charge is 0.178 e. The molecule has 1 aromatic rings. The molecule has 0 aliphatic heterocycles. The molecule has 1 aliphatic carbocycles. The van der Waals surface area contributed by atoms with Gasteiger partial charge < -0.3 is 10.2 Å². The molecule has 4 heteroatoms. The van der Waals surface area contributed by atoms with Crippen molar-refractivity contribution in [1.29, 1.82) is 0 Å². The van der Waals surface area contributed by atoms with E-state index in [4.69, 9.17) is 0 Å². The molecule has 1 aromatic carbocycles. The minimum atomic E-state index is 0.865. The zero-order valence-electron chi connectivity index (χ0n) is 13.6. The molecule has 3 nitrogen and oxygen atoms in total. The van der Waals surface area contributed by atoms with Crippen LogP contribution in [0.2, 0.25) is 0 Å². The molecule has 0 fully saturated rings. The standard InChI is InChI=1S/C15H19N3S.C2H6/c1-16-12-6-9-14(15(19)10-12)17-11-4-7-13(8-5-11)18(2)3;1-2/h4,6-10,16,19H,5H2,1-3H3;1-2H3/p+1.